The van der Waals surface area contributed by atoms with Crippen LogP contribution in [-0.4, -0.2) is 21.6 Å². The summed E-state index contributed by atoms with van der Waals surface area (Å²) in [4.78, 5) is 21.1. The Morgan fingerprint density at radius 3 is 2.78 bits per heavy atom. The zero-order valence-electron chi connectivity index (χ0n) is 15.0. The smallest absolute Gasteiger partial charge is 0.226 e. The largest absolute Gasteiger partial charge is 0.302 e. The van der Waals surface area contributed by atoms with Crippen LogP contribution < -0.4 is 5.32 Å². The molecule has 7 heteroatoms. The second-order valence-corrected chi connectivity index (χ2v) is 7.86. The Morgan fingerprint density at radius 1 is 1.26 bits per heavy atom. The van der Waals surface area contributed by atoms with Crippen molar-refractivity contribution in [2.75, 3.05) is 11.1 Å². The number of thiazole rings is 1. The van der Waals surface area contributed by atoms with Crippen molar-refractivity contribution in [3.63, 3.8) is 0 Å². The predicted molar refractivity (Wildman–Crippen MR) is 110 cm³/mol. The van der Waals surface area contributed by atoms with Crippen molar-refractivity contribution in [3.8, 4) is 17.3 Å². The Hall–Kier alpha value is -2.69. The molecule has 0 unspecified atom stereocenters. The fraction of sp³-hybridized carbons (Fsp3) is 0.200. The number of rotatable bonds is 6. The minimum absolute atomic E-state index is 0.0978. The van der Waals surface area contributed by atoms with Gasteiger partial charge in [-0.2, -0.15) is 5.26 Å². The summed E-state index contributed by atoms with van der Waals surface area (Å²) in [5.41, 5.74) is 4.24. The van der Waals surface area contributed by atoms with Gasteiger partial charge in [-0.25, -0.2) is 9.97 Å². The van der Waals surface area contributed by atoms with Crippen LogP contribution in [0, 0.1) is 25.2 Å². The SMILES string of the molecule is Cc1cc(C)c(C#N)c(SCCC(=O)Nc2nc(-c3ccccc3)cs2)n1. The molecule has 3 aromatic rings. The maximum atomic E-state index is 12.2. The van der Waals surface area contributed by atoms with Gasteiger partial charge in [0.05, 0.1) is 11.3 Å². The van der Waals surface area contributed by atoms with Gasteiger partial charge in [-0.3, -0.25) is 4.79 Å². The summed E-state index contributed by atoms with van der Waals surface area (Å²) in [5.74, 6) is 0.451. The maximum absolute atomic E-state index is 12.2. The summed E-state index contributed by atoms with van der Waals surface area (Å²) in [6.07, 6.45) is 0.324. The molecule has 0 aliphatic carbocycles. The van der Waals surface area contributed by atoms with E-state index in [-0.39, 0.29) is 5.91 Å². The normalized spacial score (nSPS) is 10.4. The van der Waals surface area contributed by atoms with E-state index in [2.05, 4.69) is 21.4 Å². The molecule has 0 aliphatic heterocycles. The van der Waals surface area contributed by atoms with Crippen molar-refractivity contribution in [2.45, 2.75) is 25.3 Å². The van der Waals surface area contributed by atoms with E-state index >= 15 is 0 Å². The second kappa shape index (κ2) is 8.80. The number of carbonyl (C=O) groups excluding carboxylic acids is 1. The lowest BCUT2D eigenvalue weighted by Crippen LogP contribution is -2.12. The van der Waals surface area contributed by atoms with Crippen LogP contribution in [0.25, 0.3) is 11.3 Å². The zero-order chi connectivity index (χ0) is 19.2. The van der Waals surface area contributed by atoms with Crippen molar-refractivity contribution in [1.82, 2.24) is 9.97 Å². The van der Waals surface area contributed by atoms with Crippen LogP contribution in [0.1, 0.15) is 23.2 Å². The average Bonchev–Trinajstić information content (AvgIpc) is 3.10. The first-order valence-electron chi connectivity index (χ1n) is 8.39. The van der Waals surface area contributed by atoms with Crippen molar-refractivity contribution >= 4 is 34.1 Å². The standard InChI is InChI=1S/C20H18N4OS2/c1-13-10-14(2)22-19(16(13)11-21)26-9-8-18(25)24-20-23-17(12-27-20)15-6-4-3-5-7-15/h3-7,10,12H,8-9H2,1-2H3,(H,23,24,25). The fourth-order valence-corrected chi connectivity index (χ4v) is 4.31. The summed E-state index contributed by atoms with van der Waals surface area (Å²) < 4.78 is 0. The van der Waals surface area contributed by atoms with E-state index in [4.69, 9.17) is 0 Å². The number of nitriles is 1. The van der Waals surface area contributed by atoms with E-state index in [1.165, 1.54) is 23.1 Å². The molecule has 1 aromatic carbocycles. The third-order valence-corrected chi connectivity index (χ3v) is 5.55. The van der Waals surface area contributed by atoms with Gasteiger partial charge >= 0.3 is 0 Å². The number of hydrogen-bond donors (Lipinski definition) is 1. The lowest BCUT2D eigenvalue weighted by Gasteiger charge is -2.07. The zero-order valence-corrected chi connectivity index (χ0v) is 16.7. The van der Waals surface area contributed by atoms with Crippen LogP contribution >= 0.6 is 23.1 Å². The number of nitrogens with zero attached hydrogens (tertiary/aromatic N) is 3. The highest BCUT2D eigenvalue weighted by Gasteiger charge is 2.11. The highest BCUT2D eigenvalue weighted by molar-refractivity contribution is 7.99. The number of anilines is 1. The van der Waals surface area contributed by atoms with Crippen LogP contribution in [0.5, 0.6) is 0 Å². The summed E-state index contributed by atoms with van der Waals surface area (Å²) in [5, 5.41) is 15.3. The van der Waals surface area contributed by atoms with Gasteiger partial charge in [0.1, 0.15) is 11.1 Å². The Kier molecular flexibility index (Phi) is 6.22. The number of amides is 1. The molecule has 0 fully saturated rings. The highest BCUT2D eigenvalue weighted by Crippen LogP contribution is 2.26. The average molecular weight is 395 g/mol. The van der Waals surface area contributed by atoms with Crippen molar-refractivity contribution < 1.29 is 4.79 Å². The molecule has 0 saturated heterocycles. The Labute approximate surface area is 166 Å². The molecular weight excluding hydrogens is 376 g/mol. The summed E-state index contributed by atoms with van der Waals surface area (Å²) in [6.45, 7) is 3.80. The maximum Gasteiger partial charge on any atom is 0.226 e. The molecule has 136 valence electrons. The number of nitrogens with one attached hydrogen (secondary N) is 1. The lowest BCUT2D eigenvalue weighted by molar-refractivity contribution is -0.115. The van der Waals surface area contributed by atoms with E-state index < -0.39 is 0 Å². The second-order valence-electron chi connectivity index (χ2n) is 5.92. The molecule has 2 heterocycles. The number of aryl methyl sites for hydroxylation is 2. The molecule has 2 aromatic heterocycles. The number of thioether (sulfide) groups is 1. The van der Waals surface area contributed by atoms with Crippen LogP contribution in [0.4, 0.5) is 5.13 Å². The van der Waals surface area contributed by atoms with E-state index in [0.717, 1.165) is 22.5 Å². The number of pyridine rings is 1. The van der Waals surface area contributed by atoms with Gasteiger partial charge < -0.3 is 5.32 Å². The van der Waals surface area contributed by atoms with Crippen LogP contribution in [0.2, 0.25) is 0 Å². The summed E-state index contributed by atoms with van der Waals surface area (Å²) in [7, 11) is 0. The van der Waals surface area contributed by atoms with Gasteiger partial charge in [0.2, 0.25) is 5.91 Å². The first kappa shape index (κ1) is 19.1. The molecule has 0 bridgehead atoms. The van der Waals surface area contributed by atoms with Crippen LogP contribution in [-0.2, 0) is 4.79 Å². The van der Waals surface area contributed by atoms with Gasteiger partial charge in [0.15, 0.2) is 5.13 Å². The number of benzene rings is 1. The van der Waals surface area contributed by atoms with E-state index in [1.54, 1.807) is 0 Å². The van der Waals surface area contributed by atoms with Gasteiger partial charge in [0, 0.05) is 28.8 Å². The highest BCUT2D eigenvalue weighted by atomic mass is 32.2. The number of aromatic nitrogens is 2. The molecule has 0 spiro atoms. The third-order valence-electron chi connectivity index (χ3n) is 3.81. The molecule has 0 atom stereocenters. The van der Waals surface area contributed by atoms with Gasteiger partial charge in [0.25, 0.3) is 0 Å². The predicted octanol–water partition coefficient (Wildman–Crippen LogP) is 4.81. The third kappa shape index (κ3) is 4.94. The summed E-state index contributed by atoms with van der Waals surface area (Å²) in [6, 6.07) is 13.9. The molecule has 1 amide bonds. The first-order valence-corrected chi connectivity index (χ1v) is 10.3. The molecule has 0 aliphatic rings. The molecule has 0 saturated carbocycles. The van der Waals surface area contributed by atoms with E-state index in [1.807, 2.05) is 55.6 Å². The molecule has 27 heavy (non-hydrogen) atoms. The molecule has 5 nitrogen and oxygen atoms in total. The van der Waals surface area contributed by atoms with Gasteiger partial charge in [-0.15, -0.1) is 23.1 Å². The monoisotopic (exact) mass is 394 g/mol. The van der Waals surface area contributed by atoms with Crippen LogP contribution in [0.15, 0.2) is 46.8 Å². The molecule has 1 N–H and O–H groups in total. The summed E-state index contributed by atoms with van der Waals surface area (Å²) >= 11 is 2.84. The number of hydrogen-bond acceptors (Lipinski definition) is 6. The van der Waals surface area contributed by atoms with Crippen molar-refractivity contribution in [2.24, 2.45) is 0 Å². The quantitative estimate of drug-likeness (QED) is 0.607. The Morgan fingerprint density at radius 2 is 2.04 bits per heavy atom. The van der Waals surface area contributed by atoms with Crippen LogP contribution in [0.3, 0.4) is 0 Å². The lowest BCUT2D eigenvalue weighted by atomic mass is 10.1. The molecule has 3 rings (SSSR count). The minimum atomic E-state index is -0.0978. The Balaban J connectivity index is 1.55. The topological polar surface area (TPSA) is 78.7 Å². The minimum Gasteiger partial charge on any atom is -0.302 e. The molecule has 0 radical (unpaired) electrons. The first-order chi connectivity index (χ1) is 13.1. The van der Waals surface area contributed by atoms with E-state index in [0.29, 0.717) is 27.9 Å². The van der Waals surface area contributed by atoms with E-state index in [9.17, 15) is 10.1 Å². The number of carbonyl (C=O) groups is 1. The Bertz CT molecular complexity index is 993. The fourth-order valence-electron chi connectivity index (χ4n) is 2.54. The van der Waals surface area contributed by atoms with Gasteiger partial charge in [-0.1, -0.05) is 30.3 Å². The van der Waals surface area contributed by atoms with Crippen molar-refractivity contribution in [1.29, 1.82) is 5.26 Å². The molecular formula is C20H18N4OS2. The van der Waals surface area contributed by atoms with Gasteiger partial charge in [-0.05, 0) is 25.5 Å². The van der Waals surface area contributed by atoms with Crippen molar-refractivity contribution in [3.05, 3.63) is 58.6 Å².